The Bertz CT molecular complexity index is 741. The third kappa shape index (κ3) is 3.39. The van der Waals surface area contributed by atoms with Crippen LogP contribution < -0.4 is 4.74 Å². The molecule has 6 nitrogen and oxygen atoms in total. The van der Waals surface area contributed by atoms with E-state index in [1.165, 1.54) is 0 Å². The monoisotopic (exact) mass is 342 g/mol. The van der Waals surface area contributed by atoms with E-state index in [1.54, 1.807) is 24.1 Å². The quantitative estimate of drug-likeness (QED) is 0.857. The number of hydrogen-bond acceptors (Lipinski definition) is 4. The van der Waals surface area contributed by atoms with E-state index in [2.05, 4.69) is 23.1 Å². The molecule has 1 aliphatic rings. The maximum atomic E-state index is 13.0. The zero-order valence-electron chi connectivity index (χ0n) is 15.3. The minimum absolute atomic E-state index is 0.0409. The molecule has 0 N–H and O–H groups in total. The number of para-hydroxylation sites is 1. The molecule has 1 aromatic carbocycles. The van der Waals surface area contributed by atoms with Gasteiger partial charge in [-0.2, -0.15) is 5.10 Å². The molecule has 1 amide bonds. The molecule has 0 saturated carbocycles. The summed E-state index contributed by atoms with van der Waals surface area (Å²) in [6.07, 6.45) is 1.70. The van der Waals surface area contributed by atoms with Gasteiger partial charge in [0.05, 0.1) is 13.2 Å². The fraction of sp³-hybridized carbons (Fsp3) is 0.474. The topological polar surface area (TPSA) is 50.6 Å². The van der Waals surface area contributed by atoms with Crippen molar-refractivity contribution in [3.8, 4) is 5.75 Å². The molecule has 0 bridgehead atoms. The summed E-state index contributed by atoms with van der Waals surface area (Å²) in [4.78, 5) is 17.2. The molecule has 2 aromatic rings. The summed E-state index contributed by atoms with van der Waals surface area (Å²) in [5, 5.41) is 4.29. The second-order valence-electron chi connectivity index (χ2n) is 6.74. The maximum Gasteiger partial charge on any atom is 0.272 e. The van der Waals surface area contributed by atoms with Gasteiger partial charge < -0.3 is 9.64 Å². The smallest absolute Gasteiger partial charge is 0.272 e. The van der Waals surface area contributed by atoms with Crippen LogP contribution in [0.25, 0.3) is 0 Å². The molecule has 0 unspecified atom stereocenters. The van der Waals surface area contributed by atoms with E-state index in [-0.39, 0.29) is 18.0 Å². The van der Waals surface area contributed by atoms with Crippen molar-refractivity contribution in [3.05, 3.63) is 47.8 Å². The third-order valence-electron chi connectivity index (χ3n) is 4.81. The number of likely N-dealkylation sites (N-methyl/N-ethyl adjacent to an activating group) is 1. The van der Waals surface area contributed by atoms with Crippen molar-refractivity contribution < 1.29 is 9.53 Å². The highest BCUT2D eigenvalue weighted by atomic mass is 16.5. The Morgan fingerprint density at radius 3 is 2.72 bits per heavy atom. The van der Waals surface area contributed by atoms with Crippen LogP contribution >= 0.6 is 0 Å². The highest BCUT2D eigenvalue weighted by Gasteiger charge is 2.31. The fourth-order valence-corrected chi connectivity index (χ4v) is 3.39. The molecule has 0 aliphatic carbocycles. The molecular formula is C19H26N4O2. The molecule has 6 heteroatoms. The van der Waals surface area contributed by atoms with Gasteiger partial charge in [-0.15, -0.1) is 0 Å². The summed E-state index contributed by atoms with van der Waals surface area (Å²) >= 11 is 0. The molecule has 3 rings (SSSR count). The van der Waals surface area contributed by atoms with Crippen molar-refractivity contribution >= 4 is 5.91 Å². The molecule has 0 spiro atoms. The Hall–Kier alpha value is -2.34. The number of methoxy groups -OCH3 is 1. The predicted octanol–water partition coefficient (Wildman–Crippen LogP) is 2.60. The van der Waals surface area contributed by atoms with E-state index in [1.807, 2.05) is 36.9 Å². The number of benzene rings is 1. The van der Waals surface area contributed by atoms with Crippen molar-refractivity contribution in [1.29, 1.82) is 0 Å². The van der Waals surface area contributed by atoms with E-state index in [0.29, 0.717) is 18.8 Å². The lowest BCUT2D eigenvalue weighted by Crippen LogP contribution is -2.49. The summed E-state index contributed by atoms with van der Waals surface area (Å²) in [7, 11) is 3.78. The van der Waals surface area contributed by atoms with Crippen LogP contribution in [-0.4, -0.2) is 59.3 Å². The van der Waals surface area contributed by atoms with Crippen molar-refractivity contribution in [2.45, 2.75) is 25.9 Å². The van der Waals surface area contributed by atoms with E-state index in [9.17, 15) is 4.79 Å². The van der Waals surface area contributed by atoms with Crippen LogP contribution in [0.2, 0.25) is 0 Å². The SMILES string of the molecule is COc1ccccc1[C@H]1CN(C(=O)c2ccnn2C(C)C)CCN1C. The average Bonchev–Trinajstić information content (AvgIpc) is 3.11. The van der Waals surface area contributed by atoms with Crippen LogP contribution in [0.5, 0.6) is 5.75 Å². The Morgan fingerprint density at radius 1 is 1.24 bits per heavy atom. The van der Waals surface area contributed by atoms with Crippen molar-refractivity contribution in [1.82, 2.24) is 19.6 Å². The first kappa shape index (κ1) is 17.5. The lowest BCUT2D eigenvalue weighted by atomic mass is 10.0. The summed E-state index contributed by atoms with van der Waals surface area (Å²) in [5.41, 5.74) is 1.76. The Morgan fingerprint density at radius 2 is 2.00 bits per heavy atom. The Labute approximate surface area is 149 Å². The molecule has 2 heterocycles. The normalized spacial score (nSPS) is 18.6. The number of ether oxygens (including phenoxy) is 1. The van der Waals surface area contributed by atoms with Gasteiger partial charge in [0, 0.05) is 37.4 Å². The van der Waals surface area contributed by atoms with Crippen LogP contribution in [0.4, 0.5) is 0 Å². The first-order valence-corrected chi connectivity index (χ1v) is 8.69. The third-order valence-corrected chi connectivity index (χ3v) is 4.81. The minimum Gasteiger partial charge on any atom is -0.496 e. The molecular weight excluding hydrogens is 316 g/mol. The van der Waals surface area contributed by atoms with Crippen LogP contribution in [0.15, 0.2) is 36.5 Å². The molecule has 1 aromatic heterocycles. The van der Waals surface area contributed by atoms with Gasteiger partial charge in [-0.05, 0) is 33.0 Å². The number of nitrogens with zero attached hydrogens (tertiary/aromatic N) is 4. The zero-order valence-corrected chi connectivity index (χ0v) is 15.3. The van der Waals surface area contributed by atoms with Gasteiger partial charge in [0.1, 0.15) is 11.4 Å². The molecule has 1 fully saturated rings. The Balaban J connectivity index is 1.85. The summed E-state index contributed by atoms with van der Waals surface area (Å²) in [6, 6.07) is 10.1. The zero-order chi connectivity index (χ0) is 18.0. The second kappa shape index (κ2) is 7.27. The molecule has 1 atom stereocenters. The minimum atomic E-state index is 0.0409. The largest absolute Gasteiger partial charge is 0.496 e. The number of piperazine rings is 1. The number of hydrogen-bond donors (Lipinski definition) is 0. The van der Waals surface area contributed by atoms with E-state index in [0.717, 1.165) is 17.9 Å². The van der Waals surface area contributed by atoms with Gasteiger partial charge in [-0.3, -0.25) is 14.4 Å². The molecule has 0 radical (unpaired) electrons. The molecule has 25 heavy (non-hydrogen) atoms. The van der Waals surface area contributed by atoms with E-state index >= 15 is 0 Å². The van der Waals surface area contributed by atoms with Gasteiger partial charge in [0.15, 0.2) is 0 Å². The van der Waals surface area contributed by atoms with Crippen LogP contribution in [-0.2, 0) is 0 Å². The Kier molecular flexibility index (Phi) is 5.08. The first-order valence-electron chi connectivity index (χ1n) is 8.69. The van der Waals surface area contributed by atoms with E-state index in [4.69, 9.17) is 4.74 Å². The highest BCUT2D eigenvalue weighted by Crippen LogP contribution is 2.31. The predicted molar refractivity (Wildman–Crippen MR) is 96.9 cm³/mol. The second-order valence-corrected chi connectivity index (χ2v) is 6.74. The van der Waals surface area contributed by atoms with Gasteiger partial charge in [-0.1, -0.05) is 18.2 Å². The van der Waals surface area contributed by atoms with Crippen LogP contribution in [0, 0.1) is 0 Å². The van der Waals surface area contributed by atoms with Crippen LogP contribution in [0.1, 0.15) is 42.0 Å². The van der Waals surface area contributed by atoms with Crippen molar-refractivity contribution in [3.63, 3.8) is 0 Å². The van der Waals surface area contributed by atoms with Gasteiger partial charge in [0.2, 0.25) is 0 Å². The first-order chi connectivity index (χ1) is 12.0. The molecule has 134 valence electrons. The maximum absolute atomic E-state index is 13.0. The molecule has 1 aliphatic heterocycles. The van der Waals surface area contributed by atoms with Gasteiger partial charge >= 0.3 is 0 Å². The molecule has 1 saturated heterocycles. The summed E-state index contributed by atoms with van der Waals surface area (Å²) in [6.45, 7) is 6.24. The van der Waals surface area contributed by atoms with Gasteiger partial charge in [-0.25, -0.2) is 0 Å². The van der Waals surface area contributed by atoms with Crippen molar-refractivity contribution in [2.24, 2.45) is 0 Å². The van der Waals surface area contributed by atoms with Gasteiger partial charge in [0.25, 0.3) is 5.91 Å². The number of rotatable bonds is 4. The lowest BCUT2D eigenvalue weighted by molar-refractivity contribution is 0.0529. The average molecular weight is 342 g/mol. The van der Waals surface area contributed by atoms with E-state index < -0.39 is 0 Å². The van der Waals surface area contributed by atoms with Crippen LogP contribution in [0.3, 0.4) is 0 Å². The standard InChI is InChI=1S/C19H26N4O2/c1-14(2)23-16(9-10-20-23)19(24)22-12-11-21(3)17(13-22)15-7-5-6-8-18(15)25-4/h5-10,14,17H,11-13H2,1-4H3/t17-/m1/s1. The summed E-state index contributed by atoms with van der Waals surface area (Å²) < 4.78 is 7.31. The number of carbonyl (C=O) groups is 1. The number of carbonyl (C=O) groups excluding carboxylic acids is 1. The number of amides is 1. The highest BCUT2D eigenvalue weighted by molar-refractivity contribution is 5.92. The lowest BCUT2D eigenvalue weighted by Gasteiger charge is -2.40. The number of aromatic nitrogens is 2. The summed E-state index contributed by atoms with van der Waals surface area (Å²) in [5.74, 6) is 0.903. The van der Waals surface area contributed by atoms with Crippen molar-refractivity contribution in [2.75, 3.05) is 33.8 Å². The fourth-order valence-electron chi connectivity index (χ4n) is 3.39.